The number of nitrogens with one attached hydrogen (secondary N) is 1. The average Bonchev–Trinajstić information content (AvgIpc) is 2.71. The molecule has 0 fully saturated rings. The van der Waals surface area contributed by atoms with Crippen molar-refractivity contribution in [2.24, 2.45) is 0 Å². The Morgan fingerprint density at radius 1 is 1.18 bits per heavy atom. The topological polar surface area (TPSA) is 82.5 Å². The zero-order valence-corrected chi connectivity index (χ0v) is 16.2. The third kappa shape index (κ3) is 4.20. The highest BCUT2D eigenvalue weighted by Gasteiger charge is 2.14. The summed E-state index contributed by atoms with van der Waals surface area (Å²) in [6.07, 6.45) is 1.69. The quantitative estimate of drug-likeness (QED) is 0.679. The molecule has 1 aromatic carbocycles. The fourth-order valence-electron chi connectivity index (χ4n) is 2.92. The fraction of sp³-hybridized carbons (Fsp3) is 0.286. The van der Waals surface area contributed by atoms with Crippen molar-refractivity contribution in [3.63, 3.8) is 0 Å². The lowest BCUT2D eigenvalue weighted by atomic mass is 10.1. The number of aryl methyl sites for hydroxylation is 1. The van der Waals surface area contributed by atoms with Gasteiger partial charge >= 0.3 is 0 Å². The maximum absolute atomic E-state index is 12.7. The Balaban J connectivity index is 1.84. The standard InChI is InChI=1S/C21H23N3O4/c1-14-17(20(25)22-13-15-4-6-16(28-3)7-5-15)12-18-19(23-14)8-9-24(21(18)26)10-11-27-2/h4-9,12H,10-11,13H2,1-3H3,(H,22,25). The van der Waals surface area contributed by atoms with E-state index in [2.05, 4.69) is 10.3 Å². The van der Waals surface area contributed by atoms with Crippen molar-refractivity contribution in [1.29, 1.82) is 0 Å². The summed E-state index contributed by atoms with van der Waals surface area (Å²) in [4.78, 5) is 29.8. The SMILES string of the molecule is COCCn1ccc2nc(C)c(C(=O)NCc3ccc(OC)cc3)cc2c1=O. The molecule has 0 aliphatic carbocycles. The van der Waals surface area contributed by atoms with E-state index in [1.165, 1.54) is 0 Å². The van der Waals surface area contributed by atoms with Crippen LogP contribution in [0.4, 0.5) is 0 Å². The second kappa shape index (κ2) is 8.67. The Labute approximate surface area is 162 Å². The Morgan fingerprint density at radius 2 is 1.93 bits per heavy atom. The Bertz CT molecular complexity index is 1040. The molecule has 1 N–H and O–H groups in total. The van der Waals surface area contributed by atoms with Crippen LogP contribution in [-0.4, -0.2) is 36.3 Å². The van der Waals surface area contributed by atoms with Crippen LogP contribution < -0.4 is 15.6 Å². The Hall–Kier alpha value is -3.19. The van der Waals surface area contributed by atoms with E-state index in [-0.39, 0.29) is 11.5 Å². The Kier molecular flexibility index (Phi) is 6.06. The summed E-state index contributed by atoms with van der Waals surface area (Å²) in [5.41, 5.74) is 2.30. The molecule has 0 saturated carbocycles. The number of hydrogen-bond acceptors (Lipinski definition) is 5. The largest absolute Gasteiger partial charge is 0.497 e. The number of amides is 1. The molecular formula is C21H23N3O4. The maximum atomic E-state index is 12.7. The van der Waals surface area contributed by atoms with Crippen LogP contribution in [0.3, 0.4) is 0 Å². The average molecular weight is 381 g/mol. The number of methoxy groups -OCH3 is 2. The van der Waals surface area contributed by atoms with Gasteiger partial charge in [0.2, 0.25) is 0 Å². The molecule has 0 aliphatic heterocycles. The van der Waals surface area contributed by atoms with Crippen LogP contribution in [0, 0.1) is 6.92 Å². The molecule has 2 aromatic heterocycles. The zero-order valence-electron chi connectivity index (χ0n) is 16.2. The van der Waals surface area contributed by atoms with E-state index in [1.807, 2.05) is 24.3 Å². The van der Waals surface area contributed by atoms with Crippen LogP contribution in [0.2, 0.25) is 0 Å². The second-order valence-electron chi connectivity index (χ2n) is 6.39. The summed E-state index contributed by atoms with van der Waals surface area (Å²) in [6.45, 7) is 3.00. The van der Waals surface area contributed by atoms with E-state index in [9.17, 15) is 9.59 Å². The normalized spacial score (nSPS) is 10.8. The van der Waals surface area contributed by atoms with Crippen LogP contribution in [0.25, 0.3) is 10.9 Å². The second-order valence-corrected chi connectivity index (χ2v) is 6.39. The van der Waals surface area contributed by atoms with E-state index in [1.54, 1.807) is 44.0 Å². The first kappa shape index (κ1) is 19.6. The van der Waals surface area contributed by atoms with Gasteiger partial charge in [-0.15, -0.1) is 0 Å². The van der Waals surface area contributed by atoms with E-state index in [4.69, 9.17) is 9.47 Å². The van der Waals surface area contributed by atoms with Gasteiger partial charge in [0.05, 0.1) is 35.9 Å². The van der Waals surface area contributed by atoms with Crippen molar-refractivity contribution in [3.8, 4) is 5.75 Å². The number of benzene rings is 1. The van der Waals surface area contributed by atoms with Crippen LogP contribution in [0.5, 0.6) is 5.75 Å². The number of nitrogens with zero attached hydrogens (tertiary/aromatic N) is 2. The predicted octanol–water partition coefficient (Wildman–Crippen LogP) is 2.29. The number of fused-ring (bicyclic) bond motifs is 1. The van der Waals surface area contributed by atoms with Crippen LogP contribution in [0.15, 0.2) is 47.4 Å². The zero-order chi connectivity index (χ0) is 20.1. The minimum absolute atomic E-state index is 0.189. The minimum Gasteiger partial charge on any atom is -0.497 e. The van der Waals surface area contributed by atoms with Crippen LogP contribution in [0.1, 0.15) is 21.6 Å². The molecule has 0 atom stereocenters. The van der Waals surface area contributed by atoms with Gasteiger partial charge in [0, 0.05) is 26.4 Å². The fourth-order valence-corrected chi connectivity index (χ4v) is 2.92. The number of ether oxygens (including phenoxy) is 2. The van der Waals surface area contributed by atoms with Gasteiger partial charge in [-0.1, -0.05) is 12.1 Å². The van der Waals surface area contributed by atoms with Crippen molar-refractivity contribution in [2.75, 3.05) is 20.8 Å². The van der Waals surface area contributed by atoms with E-state index >= 15 is 0 Å². The maximum Gasteiger partial charge on any atom is 0.260 e. The van der Waals surface area contributed by atoms with Crippen LogP contribution >= 0.6 is 0 Å². The molecule has 0 bridgehead atoms. The van der Waals surface area contributed by atoms with E-state index < -0.39 is 0 Å². The summed E-state index contributed by atoms with van der Waals surface area (Å²) in [7, 11) is 3.19. The highest BCUT2D eigenvalue weighted by Crippen LogP contribution is 2.15. The molecular weight excluding hydrogens is 358 g/mol. The van der Waals surface area contributed by atoms with Gasteiger partial charge < -0.3 is 19.4 Å². The van der Waals surface area contributed by atoms with Crippen molar-refractivity contribution in [1.82, 2.24) is 14.9 Å². The number of carbonyl (C=O) groups excluding carboxylic acids is 1. The lowest BCUT2D eigenvalue weighted by Crippen LogP contribution is -2.26. The van der Waals surface area contributed by atoms with Gasteiger partial charge in [-0.3, -0.25) is 14.6 Å². The van der Waals surface area contributed by atoms with Gasteiger partial charge in [0.25, 0.3) is 11.5 Å². The molecule has 28 heavy (non-hydrogen) atoms. The number of aromatic nitrogens is 2. The van der Waals surface area contributed by atoms with Crippen molar-refractivity contribution < 1.29 is 14.3 Å². The van der Waals surface area contributed by atoms with Gasteiger partial charge in [-0.25, -0.2) is 0 Å². The molecule has 7 nitrogen and oxygen atoms in total. The van der Waals surface area contributed by atoms with E-state index in [0.29, 0.717) is 41.9 Å². The lowest BCUT2D eigenvalue weighted by molar-refractivity contribution is 0.0950. The van der Waals surface area contributed by atoms with Crippen LogP contribution in [-0.2, 0) is 17.8 Å². The lowest BCUT2D eigenvalue weighted by Gasteiger charge is -2.11. The molecule has 0 spiro atoms. The smallest absolute Gasteiger partial charge is 0.260 e. The van der Waals surface area contributed by atoms with Crippen molar-refractivity contribution in [3.05, 3.63) is 69.8 Å². The molecule has 0 saturated heterocycles. The van der Waals surface area contributed by atoms with Gasteiger partial charge in [-0.05, 0) is 36.8 Å². The first-order chi connectivity index (χ1) is 13.5. The predicted molar refractivity (Wildman–Crippen MR) is 107 cm³/mol. The third-order valence-electron chi connectivity index (χ3n) is 4.54. The molecule has 1 amide bonds. The molecule has 7 heteroatoms. The van der Waals surface area contributed by atoms with Crippen molar-refractivity contribution >= 4 is 16.8 Å². The molecule has 0 radical (unpaired) electrons. The first-order valence-electron chi connectivity index (χ1n) is 8.94. The number of rotatable bonds is 7. The summed E-state index contributed by atoms with van der Waals surface area (Å²) >= 11 is 0. The highest BCUT2D eigenvalue weighted by molar-refractivity contribution is 5.98. The minimum atomic E-state index is -0.269. The number of carbonyl (C=O) groups is 1. The van der Waals surface area contributed by atoms with E-state index in [0.717, 1.165) is 11.3 Å². The van der Waals surface area contributed by atoms with Gasteiger partial charge in [-0.2, -0.15) is 0 Å². The first-order valence-corrected chi connectivity index (χ1v) is 8.94. The van der Waals surface area contributed by atoms with Gasteiger partial charge in [0.1, 0.15) is 5.75 Å². The molecule has 3 aromatic rings. The molecule has 0 unspecified atom stereocenters. The summed E-state index contributed by atoms with van der Waals surface area (Å²) in [6, 6.07) is 10.9. The molecule has 2 heterocycles. The highest BCUT2D eigenvalue weighted by atomic mass is 16.5. The molecule has 0 aliphatic rings. The molecule has 146 valence electrons. The molecule has 3 rings (SSSR count). The monoisotopic (exact) mass is 381 g/mol. The summed E-state index contributed by atoms with van der Waals surface area (Å²) < 4.78 is 11.7. The van der Waals surface area contributed by atoms with Gasteiger partial charge in [0.15, 0.2) is 0 Å². The van der Waals surface area contributed by atoms with Crippen molar-refractivity contribution in [2.45, 2.75) is 20.0 Å². The number of hydrogen-bond donors (Lipinski definition) is 1. The summed E-state index contributed by atoms with van der Waals surface area (Å²) in [5.74, 6) is 0.490. The Morgan fingerprint density at radius 3 is 2.61 bits per heavy atom. The third-order valence-corrected chi connectivity index (χ3v) is 4.54. The number of pyridine rings is 2. The summed E-state index contributed by atoms with van der Waals surface area (Å²) in [5, 5.41) is 3.29.